The average Bonchev–Trinajstić information content (AvgIpc) is 2.55. The Morgan fingerprint density at radius 1 is 0.905 bits per heavy atom. The maximum atomic E-state index is 11.2. The summed E-state index contributed by atoms with van der Waals surface area (Å²) in [7, 11) is 0. The van der Waals surface area contributed by atoms with E-state index in [1.54, 1.807) is 0 Å². The first-order chi connectivity index (χ1) is 10.2. The maximum absolute atomic E-state index is 11.2. The minimum absolute atomic E-state index is 0.118. The average molecular weight is 280 g/mol. The molecule has 0 amide bonds. The summed E-state index contributed by atoms with van der Waals surface area (Å²) in [5, 5.41) is 11.2. The predicted molar refractivity (Wildman–Crippen MR) is 87.3 cm³/mol. The molecule has 1 nitrogen and oxygen atoms in total. The number of hydrogen-bond acceptors (Lipinski definition) is 1. The number of hydrogen-bond donors (Lipinski definition) is 1. The van der Waals surface area contributed by atoms with Crippen molar-refractivity contribution in [1.29, 1.82) is 0 Å². The normalized spacial score (nSPS) is 19.1. The molecule has 2 aromatic carbocycles. The van der Waals surface area contributed by atoms with Crippen LogP contribution in [0.2, 0.25) is 0 Å². The molecular formula is C20H24O. The molecule has 0 spiro atoms. The van der Waals surface area contributed by atoms with Gasteiger partial charge in [-0.15, -0.1) is 0 Å². The molecule has 2 aromatic rings. The van der Waals surface area contributed by atoms with Crippen LogP contribution in [0.25, 0.3) is 0 Å². The number of aliphatic hydroxyl groups excluding tert-OH is 1. The molecule has 1 heteroatoms. The van der Waals surface area contributed by atoms with Crippen LogP contribution in [0.3, 0.4) is 0 Å². The minimum Gasteiger partial charge on any atom is -0.387 e. The molecule has 1 fully saturated rings. The van der Waals surface area contributed by atoms with Crippen molar-refractivity contribution in [3.05, 3.63) is 71.3 Å². The monoisotopic (exact) mass is 280 g/mol. The van der Waals surface area contributed by atoms with E-state index >= 15 is 0 Å². The van der Waals surface area contributed by atoms with E-state index < -0.39 is 6.10 Å². The molecule has 1 aliphatic rings. The van der Waals surface area contributed by atoms with Gasteiger partial charge >= 0.3 is 0 Å². The Morgan fingerprint density at radius 2 is 1.62 bits per heavy atom. The summed E-state index contributed by atoms with van der Waals surface area (Å²) in [5.41, 5.74) is 3.44. The van der Waals surface area contributed by atoms with Gasteiger partial charge < -0.3 is 5.11 Å². The lowest BCUT2D eigenvalue weighted by molar-refractivity contribution is 0.0528. The SMILES string of the molecule is Cc1cccc(C(O)C2(c3ccccc3)CCCCC2)c1. The second kappa shape index (κ2) is 6.03. The van der Waals surface area contributed by atoms with Crippen LogP contribution in [-0.2, 0) is 5.41 Å². The summed E-state index contributed by atoms with van der Waals surface area (Å²) < 4.78 is 0. The maximum Gasteiger partial charge on any atom is 0.0886 e. The van der Waals surface area contributed by atoms with Gasteiger partial charge in [0.1, 0.15) is 0 Å². The minimum atomic E-state index is -0.417. The Kier molecular flexibility index (Phi) is 4.12. The molecule has 110 valence electrons. The summed E-state index contributed by atoms with van der Waals surface area (Å²) in [5.74, 6) is 0. The zero-order valence-corrected chi connectivity index (χ0v) is 12.8. The summed E-state index contributed by atoms with van der Waals surface area (Å²) in [6, 6.07) is 18.9. The van der Waals surface area contributed by atoms with E-state index in [0.29, 0.717) is 0 Å². The largest absolute Gasteiger partial charge is 0.387 e. The van der Waals surface area contributed by atoms with Crippen molar-refractivity contribution in [3.63, 3.8) is 0 Å². The highest BCUT2D eigenvalue weighted by Crippen LogP contribution is 2.48. The lowest BCUT2D eigenvalue weighted by Gasteiger charge is -2.42. The van der Waals surface area contributed by atoms with Crippen molar-refractivity contribution < 1.29 is 5.11 Å². The van der Waals surface area contributed by atoms with E-state index in [2.05, 4.69) is 61.5 Å². The summed E-state index contributed by atoms with van der Waals surface area (Å²) in [6.07, 6.45) is 5.43. The predicted octanol–water partition coefficient (Wildman–Crippen LogP) is 4.93. The van der Waals surface area contributed by atoms with E-state index in [0.717, 1.165) is 18.4 Å². The molecule has 0 bridgehead atoms. The van der Waals surface area contributed by atoms with Gasteiger partial charge in [-0.05, 0) is 30.9 Å². The van der Waals surface area contributed by atoms with E-state index in [9.17, 15) is 5.11 Å². The summed E-state index contributed by atoms with van der Waals surface area (Å²) in [4.78, 5) is 0. The second-order valence-electron chi connectivity index (χ2n) is 6.40. The highest BCUT2D eigenvalue weighted by atomic mass is 16.3. The van der Waals surface area contributed by atoms with Crippen molar-refractivity contribution in [3.8, 4) is 0 Å². The summed E-state index contributed by atoms with van der Waals surface area (Å²) >= 11 is 0. The van der Waals surface area contributed by atoms with Crippen LogP contribution in [0.4, 0.5) is 0 Å². The van der Waals surface area contributed by atoms with Gasteiger partial charge in [-0.25, -0.2) is 0 Å². The van der Waals surface area contributed by atoms with Gasteiger partial charge in [-0.1, -0.05) is 79.4 Å². The van der Waals surface area contributed by atoms with E-state index in [1.807, 2.05) is 0 Å². The van der Waals surface area contributed by atoms with Gasteiger partial charge in [0, 0.05) is 5.41 Å². The smallest absolute Gasteiger partial charge is 0.0886 e. The molecule has 0 heterocycles. The van der Waals surface area contributed by atoms with E-state index in [4.69, 9.17) is 0 Å². The van der Waals surface area contributed by atoms with Crippen LogP contribution in [-0.4, -0.2) is 5.11 Å². The third-order valence-corrected chi connectivity index (χ3v) is 4.98. The van der Waals surface area contributed by atoms with Crippen molar-refractivity contribution in [2.75, 3.05) is 0 Å². The van der Waals surface area contributed by atoms with Gasteiger partial charge in [0.05, 0.1) is 6.10 Å². The Bertz CT molecular complexity index is 582. The second-order valence-corrected chi connectivity index (χ2v) is 6.40. The van der Waals surface area contributed by atoms with Crippen LogP contribution >= 0.6 is 0 Å². The molecule has 1 atom stereocenters. The van der Waals surface area contributed by atoms with E-state index in [-0.39, 0.29) is 5.41 Å². The van der Waals surface area contributed by atoms with Gasteiger partial charge in [0.25, 0.3) is 0 Å². The molecule has 1 N–H and O–H groups in total. The van der Waals surface area contributed by atoms with Gasteiger partial charge in [0.2, 0.25) is 0 Å². The molecule has 0 saturated heterocycles. The molecule has 0 radical (unpaired) electrons. The lowest BCUT2D eigenvalue weighted by atomic mass is 9.64. The molecule has 0 aliphatic heterocycles. The lowest BCUT2D eigenvalue weighted by Crippen LogP contribution is -2.36. The first-order valence-corrected chi connectivity index (χ1v) is 8.02. The highest BCUT2D eigenvalue weighted by molar-refractivity contribution is 5.34. The van der Waals surface area contributed by atoms with Crippen molar-refractivity contribution in [1.82, 2.24) is 0 Å². The molecule has 1 unspecified atom stereocenters. The molecule has 1 saturated carbocycles. The molecular weight excluding hydrogens is 256 g/mol. The topological polar surface area (TPSA) is 20.2 Å². The van der Waals surface area contributed by atoms with Crippen LogP contribution in [0, 0.1) is 6.92 Å². The van der Waals surface area contributed by atoms with Crippen molar-refractivity contribution in [2.24, 2.45) is 0 Å². The third-order valence-electron chi connectivity index (χ3n) is 4.98. The van der Waals surface area contributed by atoms with Crippen molar-refractivity contribution in [2.45, 2.75) is 50.5 Å². The fourth-order valence-electron chi connectivity index (χ4n) is 3.83. The van der Waals surface area contributed by atoms with Gasteiger partial charge in [0.15, 0.2) is 0 Å². The quantitative estimate of drug-likeness (QED) is 0.845. The Hall–Kier alpha value is -1.60. The fourth-order valence-corrected chi connectivity index (χ4v) is 3.83. The summed E-state index contributed by atoms with van der Waals surface area (Å²) in [6.45, 7) is 2.09. The van der Waals surface area contributed by atoms with Crippen molar-refractivity contribution >= 4 is 0 Å². The molecule has 1 aliphatic carbocycles. The zero-order chi connectivity index (χ0) is 14.7. The van der Waals surface area contributed by atoms with E-state index in [1.165, 1.54) is 30.4 Å². The first-order valence-electron chi connectivity index (χ1n) is 8.02. The number of aryl methyl sites for hydroxylation is 1. The van der Waals surface area contributed by atoms with Gasteiger partial charge in [-0.2, -0.15) is 0 Å². The Balaban J connectivity index is 2.03. The Labute approximate surface area is 127 Å². The number of rotatable bonds is 3. The standard InChI is InChI=1S/C20H24O/c1-16-9-8-10-17(15-16)19(21)20(13-6-3-7-14-20)18-11-4-2-5-12-18/h2,4-5,8-12,15,19,21H,3,6-7,13-14H2,1H3. The highest BCUT2D eigenvalue weighted by Gasteiger charge is 2.41. The molecule has 3 rings (SSSR count). The number of aliphatic hydroxyl groups is 1. The first kappa shape index (κ1) is 14.3. The number of benzene rings is 2. The van der Waals surface area contributed by atoms with Crippen LogP contribution in [0.15, 0.2) is 54.6 Å². The van der Waals surface area contributed by atoms with Crippen LogP contribution in [0.1, 0.15) is 54.9 Å². The van der Waals surface area contributed by atoms with Crippen LogP contribution < -0.4 is 0 Å². The Morgan fingerprint density at radius 3 is 2.29 bits per heavy atom. The van der Waals surface area contributed by atoms with Gasteiger partial charge in [-0.3, -0.25) is 0 Å². The third kappa shape index (κ3) is 2.75. The van der Waals surface area contributed by atoms with Crippen LogP contribution in [0.5, 0.6) is 0 Å². The molecule has 21 heavy (non-hydrogen) atoms. The fraction of sp³-hybridized carbons (Fsp3) is 0.400. The zero-order valence-electron chi connectivity index (χ0n) is 12.8. The molecule has 0 aromatic heterocycles.